The molecule has 2 aromatic rings. The summed E-state index contributed by atoms with van der Waals surface area (Å²) in [4.78, 5) is 23.3. The van der Waals surface area contributed by atoms with E-state index in [-0.39, 0.29) is 17.1 Å². The Bertz CT molecular complexity index is 717. The zero-order valence-electron chi connectivity index (χ0n) is 12.2. The molecule has 0 aliphatic carbocycles. The maximum absolute atomic E-state index is 13.6. The van der Waals surface area contributed by atoms with Gasteiger partial charge in [-0.2, -0.15) is 0 Å². The highest BCUT2D eigenvalue weighted by atomic mass is 35.5. The van der Waals surface area contributed by atoms with Crippen LogP contribution in [-0.2, 0) is 11.3 Å². The largest absolute Gasteiger partial charge is 0.465 e. The van der Waals surface area contributed by atoms with Gasteiger partial charge in [0.05, 0.1) is 12.7 Å². The Labute approximate surface area is 137 Å². The number of carbonyl (C=O) groups excluding carboxylic acids is 2. The molecular weight excluding hydrogens is 323 g/mol. The quantitative estimate of drug-likeness (QED) is 0.838. The van der Waals surface area contributed by atoms with Crippen molar-refractivity contribution in [1.82, 2.24) is 5.32 Å². The SMILES string of the molecule is COC(=O)c1cccc(NC(=O)NCc2c(F)cccc2Cl)c1. The number of methoxy groups -OCH3 is 1. The molecule has 0 saturated carbocycles. The van der Waals surface area contributed by atoms with Crippen molar-refractivity contribution in [2.24, 2.45) is 0 Å². The zero-order chi connectivity index (χ0) is 16.8. The Morgan fingerprint density at radius 1 is 1.22 bits per heavy atom. The molecule has 5 nitrogen and oxygen atoms in total. The van der Waals surface area contributed by atoms with Crippen LogP contribution in [0.2, 0.25) is 5.02 Å². The van der Waals surface area contributed by atoms with E-state index in [2.05, 4.69) is 15.4 Å². The number of esters is 1. The summed E-state index contributed by atoms with van der Waals surface area (Å²) >= 11 is 5.88. The molecule has 2 rings (SSSR count). The number of urea groups is 1. The zero-order valence-corrected chi connectivity index (χ0v) is 13.0. The van der Waals surface area contributed by atoms with Gasteiger partial charge >= 0.3 is 12.0 Å². The molecule has 23 heavy (non-hydrogen) atoms. The van der Waals surface area contributed by atoms with Gasteiger partial charge in [0, 0.05) is 22.8 Å². The smallest absolute Gasteiger partial charge is 0.337 e. The summed E-state index contributed by atoms with van der Waals surface area (Å²) in [6.07, 6.45) is 0. The fourth-order valence-corrected chi connectivity index (χ4v) is 2.12. The highest BCUT2D eigenvalue weighted by Gasteiger charge is 2.10. The first kappa shape index (κ1) is 16.8. The third kappa shape index (κ3) is 4.43. The first-order valence-corrected chi connectivity index (χ1v) is 7.05. The normalized spacial score (nSPS) is 10.0. The van der Waals surface area contributed by atoms with Crippen LogP contribution in [0, 0.1) is 5.82 Å². The summed E-state index contributed by atoms with van der Waals surface area (Å²) in [5.74, 6) is -1.00. The number of ether oxygens (including phenoxy) is 1. The van der Waals surface area contributed by atoms with Crippen molar-refractivity contribution in [2.45, 2.75) is 6.54 Å². The number of carbonyl (C=O) groups is 2. The number of hydrogen-bond donors (Lipinski definition) is 2. The molecule has 2 amide bonds. The third-order valence-electron chi connectivity index (χ3n) is 3.03. The van der Waals surface area contributed by atoms with E-state index in [4.69, 9.17) is 11.6 Å². The minimum atomic E-state index is -0.550. The van der Waals surface area contributed by atoms with E-state index in [0.29, 0.717) is 11.3 Å². The van der Waals surface area contributed by atoms with E-state index < -0.39 is 17.8 Å². The molecule has 120 valence electrons. The first-order chi connectivity index (χ1) is 11.0. The van der Waals surface area contributed by atoms with Gasteiger partial charge in [0.2, 0.25) is 0 Å². The average molecular weight is 337 g/mol. The van der Waals surface area contributed by atoms with Gasteiger partial charge in [-0.25, -0.2) is 14.0 Å². The van der Waals surface area contributed by atoms with Gasteiger partial charge in [-0.3, -0.25) is 0 Å². The monoisotopic (exact) mass is 336 g/mol. The molecule has 0 unspecified atom stereocenters. The van der Waals surface area contributed by atoms with Gasteiger partial charge in [-0.05, 0) is 30.3 Å². The van der Waals surface area contributed by atoms with E-state index >= 15 is 0 Å². The molecule has 0 saturated heterocycles. The molecule has 0 heterocycles. The van der Waals surface area contributed by atoms with Gasteiger partial charge in [0.1, 0.15) is 5.82 Å². The van der Waals surface area contributed by atoms with Crippen LogP contribution in [0.4, 0.5) is 14.9 Å². The highest BCUT2D eigenvalue weighted by Crippen LogP contribution is 2.18. The Morgan fingerprint density at radius 2 is 1.96 bits per heavy atom. The molecule has 2 N–H and O–H groups in total. The predicted octanol–water partition coefficient (Wildman–Crippen LogP) is 3.59. The van der Waals surface area contributed by atoms with Crippen LogP contribution >= 0.6 is 11.6 Å². The van der Waals surface area contributed by atoms with Crippen LogP contribution in [0.5, 0.6) is 0 Å². The standard InChI is InChI=1S/C16H14ClFN2O3/c1-23-15(21)10-4-2-5-11(8-10)20-16(22)19-9-12-13(17)6-3-7-14(12)18/h2-8H,9H2,1H3,(H2,19,20,22). The van der Waals surface area contributed by atoms with Gasteiger partial charge in [-0.1, -0.05) is 23.7 Å². The van der Waals surface area contributed by atoms with Gasteiger partial charge < -0.3 is 15.4 Å². The van der Waals surface area contributed by atoms with Crippen molar-refractivity contribution in [2.75, 3.05) is 12.4 Å². The predicted molar refractivity (Wildman–Crippen MR) is 85.0 cm³/mol. The average Bonchev–Trinajstić information content (AvgIpc) is 2.54. The highest BCUT2D eigenvalue weighted by molar-refractivity contribution is 6.31. The molecule has 0 aliphatic heterocycles. The van der Waals surface area contributed by atoms with E-state index in [9.17, 15) is 14.0 Å². The van der Waals surface area contributed by atoms with Crippen molar-refractivity contribution in [3.63, 3.8) is 0 Å². The van der Waals surface area contributed by atoms with Crippen LogP contribution in [0.25, 0.3) is 0 Å². The number of rotatable bonds is 4. The molecule has 0 spiro atoms. The molecular formula is C16H14ClFN2O3. The lowest BCUT2D eigenvalue weighted by Gasteiger charge is -2.10. The summed E-state index contributed by atoms with van der Waals surface area (Å²) in [6, 6.07) is 10.00. The van der Waals surface area contributed by atoms with E-state index in [1.807, 2.05) is 0 Å². The molecule has 0 radical (unpaired) electrons. The van der Waals surface area contributed by atoms with Crippen molar-refractivity contribution in [3.8, 4) is 0 Å². The van der Waals surface area contributed by atoms with Crippen LogP contribution in [0.3, 0.4) is 0 Å². The number of nitrogens with one attached hydrogen (secondary N) is 2. The molecule has 0 atom stereocenters. The maximum Gasteiger partial charge on any atom is 0.337 e. The number of halogens is 2. The lowest BCUT2D eigenvalue weighted by atomic mass is 10.2. The second-order valence-corrected chi connectivity index (χ2v) is 4.99. The second kappa shape index (κ2) is 7.60. The lowest BCUT2D eigenvalue weighted by molar-refractivity contribution is 0.0600. The van der Waals surface area contributed by atoms with E-state index in [0.717, 1.165) is 0 Å². The summed E-state index contributed by atoms with van der Waals surface area (Å²) in [5.41, 5.74) is 0.917. The van der Waals surface area contributed by atoms with E-state index in [1.54, 1.807) is 24.3 Å². The second-order valence-electron chi connectivity index (χ2n) is 4.58. The van der Waals surface area contributed by atoms with Crippen molar-refractivity contribution < 1.29 is 18.7 Å². The van der Waals surface area contributed by atoms with E-state index in [1.165, 1.54) is 25.3 Å². The number of hydrogen-bond acceptors (Lipinski definition) is 3. The maximum atomic E-state index is 13.6. The topological polar surface area (TPSA) is 67.4 Å². The minimum absolute atomic E-state index is 0.0615. The van der Waals surface area contributed by atoms with Crippen molar-refractivity contribution in [3.05, 3.63) is 64.4 Å². The molecule has 7 heteroatoms. The molecule has 2 aromatic carbocycles. The summed E-state index contributed by atoms with van der Waals surface area (Å²) in [7, 11) is 1.27. The summed E-state index contributed by atoms with van der Waals surface area (Å²) in [6.45, 7) is -0.0615. The fraction of sp³-hybridized carbons (Fsp3) is 0.125. The lowest BCUT2D eigenvalue weighted by Crippen LogP contribution is -2.28. The van der Waals surface area contributed by atoms with Crippen molar-refractivity contribution >= 4 is 29.3 Å². The fourth-order valence-electron chi connectivity index (χ4n) is 1.89. The molecule has 0 fully saturated rings. The number of benzene rings is 2. The molecule has 0 aromatic heterocycles. The van der Waals surface area contributed by atoms with Crippen LogP contribution in [0.1, 0.15) is 15.9 Å². The van der Waals surface area contributed by atoms with Gasteiger partial charge in [0.25, 0.3) is 0 Å². The molecule has 0 bridgehead atoms. The minimum Gasteiger partial charge on any atom is -0.465 e. The Kier molecular flexibility index (Phi) is 5.54. The van der Waals surface area contributed by atoms with Gasteiger partial charge in [0.15, 0.2) is 0 Å². The summed E-state index contributed by atoms with van der Waals surface area (Å²) in [5, 5.41) is 5.28. The number of anilines is 1. The first-order valence-electron chi connectivity index (χ1n) is 6.67. The van der Waals surface area contributed by atoms with Crippen molar-refractivity contribution in [1.29, 1.82) is 0 Å². The number of amides is 2. The Morgan fingerprint density at radius 3 is 2.65 bits per heavy atom. The van der Waals surface area contributed by atoms with Gasteiger partial charge in [-0.15, -0.1) is 0 Å². The van der Waals surface area contributed by atoms with Crippen LogP contribution < -0.4 is 10.6 Å². The Hall–Kier alpha value is -2.60. The Balaban J connectivity index is 1.99. The molecule has 0 aliphatic rings. The van der Waals surface area contributed by atoms with Crippen LogP contribution in [-0.4, -0.2) is 19.1 Å². The third-order valence-corrected chi connectivity index (χ3v) is 3.38. The summed E-state index contributed by atoms with van der Waals surface area (Å²) < 4.78 is 18.2. The van der Waals surface area contributed by atoms with Crippen LogP contribution in [0.15, 0.2) is 42.5 Å².